The Labute approximate surface area is 146 Å². The van der Waals surface area contributed by atoms with E-state index in [1.807, 2.05) is 30.3 Å². The van der Waals surface area contributed by atoms with Gasteiger partial charge in [0.15, 0.2) is 5.11 Å². The van der Waals surface area contributed by atoms with Gasteiger partial charge in [0.25, 0.3) is 0 Å². The maximum Gasteiger partial charge on any atom is 0.226 e. The molecule has 0 aliphatic rings. The van der Waals surface area contributed by atoms with E-state index in [4.69, 9.17) is 12.2 Å². The molecule has 2 rings (SSSR count). The minimum Gasteiger partial charge on any atom is -0.332 e. The summed E-state index contributed by atoms with van der Waals surface area (Å²) in [7, 11) is 0. The van der Waals surface area contributed by atoms with Gasteiger partial charge >= 0.3 is 0 Å². The second-order valence-electron chi connectivity index (χ2n) is 5.25. The molecule has 3 N–H and O–H groups in total. The van der Waals surface area contributed by atoms with E-state index in [9.17, 15) is 9.59 Å². The van der Waals surface area contributed by atoms with Gasteiger partial charge in [-0.25, -0.2) is 0 Å². The molecule has 0 bridgehead atoms. The van der Waals surface area contributed by atoms with E-state index >= 15 is 0 Å². The van der Waals surface area contributed by atoms with Crippen molar-refractivity contribution in [3.05, 3.63) is 60.2 Å². The lowest BCUT2D eigenvalue weighted by atomic mass is 10.1. The molecule has 0 unspecified atom stereocenters. The number of amides is 2. The number of benzene rings is 2. The largest absolute Gasteiger partial charge is 0.332 e. The monoisotopic (exact) mass is 341 g/mol. The third-order valence-electron chi connectivity index (χ3n) is 3.18. The Bertz CT molecular complexity index is 732. The maximum atomic E-state index is 11.9. The van der Waals surface area contributed by atoms with E-state index in [2.05, 4.69) is 16.0 Å². The summed E-state index contributed by atoms with van der Waals surface area (Å²) in [6, 6.07) is 16.9. The second-order valence-corrected chi connectivity index (χ2v) is 5.66. The summed E-state index contributed by atoms with van der Waals surface area (Å²) < 4.78 is 0. The highest BCUT2D eigenvalue weighted by molar-refractivity contribution is 7.80. The zero-order valence-electron chi connectivity index (χ0n) is 13.3. The molecule has 2 aromatic rings. The number of anilines is 2. The molecule has 6 heteroatoms. The summed E-state index contributed by atoms with van der Waals surface area (Å²) in [6.07, 6.45) is 1.02. The Kier molecular flexibility index (Phi) is 6.45. The molecule has 0 aliphatic heterocycles. The van der Waals surface area contributed by atoms with Crippen molar-refractivity contribution in [2.45, 2.75) is 19.8 Å². The van der Waals surface area contributed by atoms with Crippen molar-refractivity contribution in [3.63, 3.8) is 0 Å². The second kappa shape index (κ2) is 8.79. The van der Waals surface area contributed by atoms with E-state index in [-0.39, 0.29) is 16.9 Å². The first-order chi connectivity index (χ1) is 11.5. The van der Waals surface area contributed by atoms with Crippen molar-refractivity contribution >= 4 is 40.5 Å². The van der Waals surface area contributed by atoms with E-state index in [0.29, 0.717) is 24.2 Å². The molecule has 24 heavy (non-hydrogen) atoms. The topological polar surface area (TPSA) is 70.2 Å². The van der Waals surface area contributed by atoms with Crippen molar-refractivity contribution < 1.29 is 9.59 Å². The van der Waals surface area contributed by atoms with Gasteiger partial charge in [-0.1, -0.05) is 36.4 Å². The minimum atomic E-state index is -0.149. The number of aryl methyl sites for hydroxylation is 1. The van der Waals surface area contributed by atoms with Gasteiger partial charge in [0, 0.05) is 24.7 Å². The van der Waals surface area contributed by atoms with Gasteiger partial charge in [-0.2, -0.15) is 0 Å². The minimum absolute atomic E-state index is 0.144. The van der Waals surface area contributed by atoms with Crippen LogP contribution in [0.5, 0.6) is 0 Å². The Morgan fingerprint density at radius 3 is 2.29 bits per heavy atom. The Balaban J connectivity index is 1.82. The van der Waals surface area contributed by atoms with Gasteiger partial charge in [0.2, 0.25) is 11.8 Å². The average molecular weight is 341 g/mol. The SMILES string of the molecule is CC(=O)Nc1cccc(NC(=S)NC(=O)CCc2ccccc2)c1. The third kappa shape index (κ3) is 6.18. The Hall–Kier alpha value is -2.73. The van der Waals surface area contributed by atoms with Crippen LogP contribution in [0.2, 0.25) is 0 Å². The third-order valence-corrected chi connectivity index (χ3v) is 3.38. The van der Waals surface area contributed by atoms with Crippen LogP contribution in [-0.4, -0.2) is 16.9 Å². The van der Waals surface area contributed by atoms with E-state index < -0.39 is 0 Å². The van der Waals surface area contributed by atoms with E-state index in [1.165, 1.54) is 6.92 Å². The fourth-order valence-electron chi connectivity index (χ4n) is 2.13. The molecule has 0 aromatic heterocycles. The molecule has 5 nitrogen and oxygen atoms in total. The zero-order chi connectivity index (χ0) is 17.4. The van der Waals surface area contributed by atoms with Crippen molar-refractivity contribution in [3.8, 4) is 0 Å². The number of hydrogen-bond donors (Lipinski definition) is 3. The molecular weight excluding hydrogens is 322 g/mol. The molecule has 124 valence electrons. The predicted molar refractivity (Wildman–Crippen MR) is 99.9 cm³/mol. The standard InChI is InChI=1S/C18H19N3O2S/c1-13(22)19-15-8-5-9-16(12-15)20-18(24)21-17(23)11-10-14-6-3-2-4-7-14/h2-9,12H,10-11H2,1H3,(H,19,22)(H2,20,21,23,24). The Morgan fingerprint density at radius 1 is 0.958 bits per heavy atom. The molecule has 0 saturated carbocycles. The Morgan fingerprint density at radius 2 is 1.62 bits per heavy atom. The van der Waals surface area contributed by atoms with Gasteiger partial charge in [-0.15, -0.1) is 0 Å². The van der Waals surface area contributed by atoms with Crippen LogP contribution in [0.15, 0.2) is 54.6 Å². The zero-order valence-corrected chi connectivity index (χ0v) is 14.2. The van der Waals surface area contributed by atoms with Crippen LogP contribution < -0.4 is 16.0 Å². The van der Waals surface area contributed by atoms with Gasteiger partial charge in [0.05, 0.1) is 0 Å². The first-order valence-corrected chi connectivity index (χ1v) is 7.96. The van der Waals surface area contributed by atoms with E-state index in [1.54, 1.807) is 24.3 Å². The van der Waals surface area contributed by atoms with Crippen LogP contribution in [0.1, 0.15) is 18.9 Å². The number of hydrogen-bond acceptors (Lipinski definition) is 3. The van der Waals surface area contributed by atoms with Crippen LogP contribution >= 0.6 is 12.2 Å². The highest BCUT2D eigenvalue weighted by atomic mass is 32.1. The number of carbonyl (C=O) groups is 2. The van der Waals surface area contributed by atoms with Crippen molar-refractivity contribution in [1.29, 1.82) is 0 Å². The molecule has 0 fully saturated rings. The number of nitrogens with one attached hydrogen (secondary N) is 3. The summed E-state index contributed by atoms with van der Waals surface area (Å²) in [5.74, 6) is -0.293. The molecule has 0 saturated heterocycles. The first-order valence-electron chi connectivity index (χ1n) is 7.55. The maximum absolute atomic E-state index is 11.9. The molecule has 0 heterocycles. The van der Waals surface area contributed by atoms with Gasteiger partial charge in [-0.3, -0.25) is 9.59 Å². The van der Waals surface area contributed by atoms with Gasteiger partial charge in [-0.05, 0) is 42.4 Å². The van der Waals surface area contributed by atoms with Gasteiger partial charge in [0.1, 0.15) is 0 Å². The summed E-state index contributed by atoms with van der Waals surface area (Å²) >= 11 is 5.14. The fourth-order valence-corrected chi connectivity index (χ4v) is 2.36. The van der Waals surface area contributed by atoms with Crippen molar-refractivity contribution in [2.75, 3.05) is 10.6 Å². The molecule has 0 radical (unpaired) electrons. The smallest absolute Gasteiger partial charge is 0.226 e. The lowest BCUT2D eigenvalue weighted by molar-refractivity contribution is -0.119. The number of thiocarbonyl (C=S) groups is 1. The van der Waals surface area contributed by atoms with E-state index in [0.717, 1.165) is 5.56 Å². The van der Waals surface area contributed by atoms with Crippen LogP contribution in [0.4, 0.5) is 11.4 Å². The normalized spacial score (nSPS) is 9.88. The number of carbonyl (C=O) groups excluding carboxylic acids is 2. The summed E-state index contributed by atoms with van der Waals surface area (Å²) in [4.78, 5) is 23.0. The van der Waals surface area contributed by atoms with Crippen molar-refractivity contribution in [2.24, 2.45) is 0 Å². The summed E-state index contributed by atoms with van der Waals surface area (Å²) in [6.45, 7) is 1.44. The molecule has 2 aromatic carbocycles. The highest BCUT2D eigenvalue weighted by Gasteiger charge is 2.06. The fraction of sp³-hybridized carbons (Fsp3) is 0.167. The molecule has 0 aliphatic carbocycles. The lowest BCUT2D eigenvalue weighted by Gasteiger charge is -2.11. The highest BCUT2D eigenvalue weighted by Crippen LogP contribution is 2.14. The molecular formula is C18H19N3O2S. The first kappa shape index (κ1) is 17.6. The van der Waals surface area contributed by atoms with Crippen LogP contribution in [0.25, 0.3) is 0 Å². The predicted octanol–water partition coefficient (Wildman–Crippen LogP) is 3.09. The summed E-state index contributed by atoms with van der Waals surface area (Å²) in [5, 5.41) is 8.50. The molecule has 0 spiro atoms. The van der Waals surface area contributed by atoms with Gasteiger partial charge < -0.3 is 16.0 Å². The quantitative estimate of drug-likeness (QED) is 0.731. The van der Waals surface area contributed by atoms with Crippen molar-refractivity contribution in [1.82, 2.24) is 5.32 Å². The molecule has 2 amide bonds. The van der Waals surface area contributed by atoms with Crippen LogP contribution in [0, 0.1) is 0 Å². The summed E-state index contributed by atoms with van der Waals surface area (Å²) in [5.41, 5.74) is 2.45. The lowest BCUT2D eigenvalue weighted by Crippen LogP contribution is -2.34. The van der Waals surface area contributed by atoms with Crippen LogP contribution in [0.3, 0.4) is 0 Å². The molecule has 0 atom stereocenters. The van der Waals surface area contributed by atoms with Crippen LogP contribution in [-0.2, 0) is 16.0 Å². The number of rotatable bonds is 5. The average Bonchev–Trinajstić information content (AvgIpc) is 2.53.